The molecule has 0 aliphatic carbocycles. The third-order valence-corrected chi connectivity index (χ3v) is 4.72. The molecule has 0 unspecified atom stereocenters. The van der Waals surface area contributed by atoms with Gasteiger partial charge in [0.15, 0.2) is 0 Å². The minimum absolute atomic E-state index is 0.225. The monoisotopic (exact) mass is 321 g/mol. The fourth-order valence-corrected chi connectivity index (χ4v) is 3.41. The number of rotatable bonds is 3. The van der Waals surface area contributed by atoms with E-state index >= 15 is 0 Å². The lowest BCUT2D eigenvalue weighted by Crippen LogP contribution is -2.29. The number of halogens is 2. The fourth-order valence-electron chi connectivity index (χ4n) is 3.19. The van der Waals surface area contributed by atoms with Gasteiger partial charge in [-0.15, -0.1) is 0 Å². The van der Waals surface area contributed by atoms with Crippen molar-refractivity contribution in [3.8, 4) is 0 Å². The SMILES string of the molecule is Cn1ccc([C@H]2CCCCCN2Cc2c(F)cccc2Cl)n1. The predicted molar refractivity (Wildman–Crippen MR) is 86.2 cm³/mol. The van der Waals surface area contributed by atoms with Crippen molar-refractivity contribution in [3.05, 3.63) is 52.6 Å². The first-order valence-electron chi connectivity index (χ1n) is 7.81. The molecule has 3 rings (SSSR count). The van der Waals surface area contributed by atoms with Gasteiger partial charge in [0.25, 0.3) is 0 Å². The molecule has 1 aromatic heterocycles. The van der Waals surface area contributed by atoms with Crippen molar-refractivity contribution in [2.24, 2.45) is 7.05 Å². The van der Waals surface area contributed by atoms with Crippen LogP contribution in [0.1, 0.15) is 43.0 Å². The van der Waals surface area contributed by atoms with E-state index in [4.69, 9.17) is 11.6 Å². The lowest BCUT2D eigenvalue weighted by molar-refractivity contribution is 0.186. The maximum atomic E-state index is 14.1. The normalized spacial score (nSPS) is 20.0. The van der Waals surface area contributed by atoms with Crippen LogP contribution in [-0.4, -0.2) is 21.2 Å². The van der Waals surface area contributed by atoms with Gasteiger partial charge in [-0.1, -0.05) is 30.5 Å². The summed E-state index contributed by atoms with van der Waals surface area (Å²) in [5, 5.41) is 5.06. The Morgan fingerprint density at radius 2 is 2.14 bits per heavy atom. The van der Waals surface area contributed by atoms with E-state index in [9.17, 15) is 4.39 Å². The van der Waals surface area contributed by atoms with E-state index in [1.807, 2.05) is 17.9 Å². The maximum Gasteiger partial charge on any atom is 0.129 e. The summed E-state index contributed by atoms with van der Waals surface area (Å²) in [6, 6.07) is 7.19. The van der Waals surface area contributed by atoms with Gasteiger partial charge in [0.05, 0.1) is 11.7 Å². The van der Waals surface area contributed by atoms with Gasteiger partial charge >= 0.3 is 0 Å². The molecule has 0 amide bonds. The van der Waals surface area contributed by atoms with E-state index in [1.165, 1.54) is 18.9 Å². The molecule has 1 aliphatic heterocycles. The van der Waals surface area contributed by atoms with Crippen LogP contribution in [0.3, 0.4) is 0 Å². The molecule has 1 fully saturated rings. The molecular weight excluding hydrogens is 301 g/mol. The van der Waals surface area contributed by atoms with Crippen LogP contribution in [0.4, 0.5) is 4.39 Å². The second-order valence-electron chi connectivity index (χ2n) is 5.95. The highest BCUT2D eigenvalue weighted by molar-refractivity contribution is 6.31. The van der Waals surface area contributed by atoms with Crippen molar-refractivity contribution in [2.75, 3.05) is 6.54 Å². The van der Waals surface area contributed by atoms with Crippen LogP contribution >= 0.6 is 11.6 Å². The van der Waals surface area contributed by atoms with Crippen LogP contribution in [0.2, 0.25) is 5.02 Å². The molecule has 1 aromatic carbocycles. The summed E-state index contributed by atoms with van der Waals surface area (Å²) in [6.45, 7) is 1.48. The number of aryl methyl sites for hydroxylation is 1. The van der Waals surface area contributed by atoms with Gasteiger partial charge in [-0.05, 0) is 37.6 Å². The zero-order chi connectivity index (χ0) is 15.5. The number of aromatic nitrogens is 2. The summed E-state index contributed by atoms with van der Waals surface area (Å²) < 4.78 is 15.9. The van der Waals surface area contributed by atoms with Crippen molar-refractivity contribution < 1.29 is 4.39 Å². The first-order valence-corrected chi connectivity index (χ1v) is 8.19. The van der Waals surface area contributed by atoms with Gasteiger partial charge in [-0.25, -0.2) is 4.39 Å². The molecule has 0 bridgehead atoms. The van der Waals surface area contributed by atoms with Crippen molar-refractivity contribution in [1.29, 1.82) is 0 Å². The quantitative estimate of drug-likeness (QED) is 0.839. The summed E-state index contributed by atoms with van der Waals surface area (Å²) in [5.41, 5.74) is 1.66. The lowest BCUT2D eigenvalue weighted by Gasteiger charge is -2.29. The molecule has 0 radical (unpaired) electrons. The average molecular weight is 322 g/mol. The molecule has 2 aromatic rings. The molecular formula is C17H21ClFN3. The van der Waals surface area contributed by atoms with Crippen LogP contribution in [-0.2, 0) is 13.6 Å². The molecule has 1 atom stereocenters. The highest BCUT2D eigenvalue weighted by atomic mass is 35.5. The second kappa shape index (κ2) is 6.80. The average Bonchev–Trinajstić information content (AvgIpc) is 2.79. The standard InChI is InChI=1S/C17H21ClFN3/c1-21-11-9-16(20-21)17-8-3-2-4-10-22(17)12-13-14(18)6-5-7-15(13)19/h5-7,9,11,17H,2-4,8,10,12H2,1H3/t17-/m1/s1. The number of nitrogens with zero attached hydrogens (tertiary/aromatic N) is 3. The predicted octanol–water partition coefficient (Wildman–Crippen LogP) is 4.33. The van der Waals surface area contributed by atoms with Crippen LogP contribution in [0.25, 0.3) is 0 Å². The van der Waals surface area contributed by atoms with E-state index in [-0.39, 0.29) is 11.9 Å². The molecule has 0 saturated carbocycles. The largest absolute Gasteiger partial charge is 0.290 e. The molecule has 0 N–H and O–H groups in total. The first-order chi connectivity index (χ1) is 10.6. The van der Waals surface area contributed by atoms with Gasteiger partial charge in [0, 0.05) is 30.4 Å². The third kappa shape index (κ3) is 3.33. The molecule has 5 heteroatoms. The molecule has 1 aliphatic rings. The molecule has 3 nitrogen and oxygen atoms in total. The number of benzene rings is 1. The Morgan fingerprint density at radius 1 is 1.27 bits per heavy atom. The molecule has 118 valence electrons. The maximum absolute atomic E-state index is 14.1. The topological polar surface area (TPSA) is 21.1 Å². The van der Waals surface area contributed by atoms with E-state index in [2.05, 4.69) is 16.1 Å². The van der Waals surface area contributed by atoms with Crippen LogP contribution in [0.5, 0.6) is 0 Å². The van der Waals surface area contributed by atoms with E-state index in [0.29, 0.717) is 17.1 Å². The van der Waals surface area contributed by atoms with Crippen molar-refractivity contribution in [3.63, 3.8) is 0 Å². The smallest absolute Gasteiger partial charge is 0.129 e. The van der Waals surface area contributed by atoms with Crippen molar-refractivity contribution in [2.45, 2.75) is 38.3 Å². The van der Waals surface area contributed by atoms with Crippen molar-refractivity contribution in [1.82, 2.24) is 14.7 Å². The fraction of sp³-hybridized carbons (Fsp3) is 0.471. The molecule has 1 saturated heterocycles. The van der Waals surface area contributed by atoms with E-state index < -0.39 is 0 Å². The second-order valence-corrected chi connectivity index (χ2v) is 6.36. The molecule has 0 spiro atoms. The zero-order valence-corrected chi connectivity index (χ0v) is 13.6. The Hall–Kier alpha value is -1.39. The van der Waals surface area contributed by atoms with Gasteiger partial charge in [-0.3, -0.25) is 9.58 Å². The summed E-state index contributed by atoms with van der Waals surface area (Å²) in [6.07, 6.45) is 6.56. The Morgan fingerprint density at radius 3 is 2.86 bits per heavy atom. The van der Waals surface area contributed by atoms with Gasteiger partial charge in [0.1, 0.15) is 5.82 Å². The Labute approximate surface area is 135 Å². The molecule has 22 heavy (non-hydrogen) atoms. The number of hydrogen-bond donors (Lipinski definition) is 0. The van der Waals surface area contributed by atoms with Crippen molar-refractivity contribution >= 4 is 11.6 Å². The summed E-state index contributed by atoms with van der Waals surface area (Å²) in [7, 11) is 1.93. The first kappa shape index (κ1) is 15.5. The van der Waals surface area contributed by atoms with Gasteiger partial charge in [0.2, 0.25) is 0 Å². The van der Waals surface area contributed by atoms with Crippen LogP contribution in [0.15, 0.2) is 30.5 Å². The zero-order valence-electron chi connectivity index (χ0n) is 12.8. The minimum atomic E-state index is -0.225. The summed E-state index contributed by atoms with van der Waals surface area (Å²) >= 11 is 6.20. The van der Waals surface area contributed by atoms with Gasteiger partial charge in [-0.2, -0.15) is 5.10 Å². The van der Waals surface area contributed by atoms with Crippen LogP contribution < -0.4 is 0 Å². The lowest BCUT2D eigenvalue weighted by atomic mass is 10.1. The third-order valence-electron chi connectivity index (χ3n) is 4.36. The molecule has 2 heterocycles. The summed E-state index contributed by atoms with van der Waals surface area (Å²) in [5.74, 6) is -0.225. The summed E-state index contributed by atoms with van der Waals surface area (Å²) in [4.78, 5) is 2.32. The minimum Gasteiger partial charge on any atom is -0.290 e. The Balaban J connectivity index is 1.87. The Kier molecular flexibility index (Phi) is 4.79. The number of hydrogen-bond acceptors (Lipinski definition) is 2. The highest BCUT2D eigenvalue weighted by Gasteiger charge is 2.25. The van der Waals surface area contributed by atoms with Crippen LogP contribution in [0, 0.1) is 5.82 Å². The van der Waals surface area contributed by atoms with E-state index in [0.717, 1.165) is 25.1 Å². The Bertz CT molecular complexity index is 620. The van der Waals surface area contributed by atoms with E-state index in [1.54, 1.807) is 12.1 Å². The van der Waals surface area contributed by atoms with Gasteiger partial charge < -0.3 is 0 Å². The number of likely N-dealkylation sites (tertiary alicyclic amines) is 1. The highest BCUT2D eigenvalue weighted by Crippen LogP contribution is 2.32.